The van der Waals surface area contributed by atoms with Crippen LogP contribution in [0.1, 0.15) is 5.56 Å². The fraction of sp³-hybridized carbons (Fsp3) is 0. The molecule has 0 saturated heterocycles. The van der Waals surface area contributed by atoms with E-state index in [9.17, 15) is 5.26 Å². The molecule has 6 aromatic carbocycles. The van der Waals surface area contributed by atoms with Gasteiger partial charge in [0.2, 0.25) is 0 Å². The minimum absolute atomic E-state index is 0.609. The van der Waals surface area contributed by atoms with Crippen molar-refractivity contribution in [2.75, 3.05) is 0 Å². The average molecular weight is 601 g/mol. The van der Waals surface area contributed by atoms with Crippen LogP contribution in [0.2, 0.25) is 0 Å². The smallest absolute Gasteiger partial charge is 0.145 e. The molecule has 0 aliphatic heterocycles. The molecule has 0 atom stereocenters. The molecule has 47 heavy (non-hydrogen) atoms. The molecule has 10 aromatic rings. The molecular weight excluding hydrogens is 576 g/mol. The van der Waals surface area contributed by atoms with Gasteiger partial charge in [-0.3, -0.25) is 4.98 Å². The second-order valence-corrected chi connectivity index (χ2v) is 12.0. The van der Waals surface area contributed by atoms with E-state index in [4.69, 9.17) is 4.42 Å². The molecule has 0 spiro atoms. The fourth-order valence-electron chi connectivity index (χ4n) is 7.41. The molecule has 0 N–H and O–H groups in total. The summed E-state index contributed by atoms with van der Waals surface area (Å²) < 4.78 is 11.0. The number of benzene rings is 6. The first-order valence-corrected chi connectivity index (χ1v) is 15.6. The zero-order valence-corrected chi connectivity index (χ0v) is 25.1. The summed E-state index contributed by atoms with van der Waals surface area (Å²) >= 11 is 0. The van der Waals surface area contributed by atoms with Crippen molar-refractivity contribution in [3.05, 3.63) is 151 Å². The molecule has 0 radical (unpaired) electrons. The molecule has 5 nitrogen and oxygen atoms in total. The molecule has 10 rings (SSSR count). The summed E-state index contributed by atoms with van der Waals surface area (Å²) in [5.74, 6) is 0. The van der Waals surface area contributed by atoms with Crippen molar-refractivity contribution in [3.8, 4) is 28.6 Å². The first-order valence-electron chi connectivity index (χ1n) is 15.6. The van der Waals surface area contributed by atoms with Gasteiger partial charge in [0.15, 0.2) is 0 Å². The number of nitriles is 1. The second kappa shape index (κ2) is 9.68. The number of aromatic nitrogens is 3. The topological polar surface area (TPSA) is 59.7 Å². The van der Waals surface area contributed by atoms with E-state index in [0.29, 0.717) is 5.56 Å². The van der Waals surface area contributed by atoms with Gasteiger partial charge in [0.25, 0.3) is 0 Å². The Morgan fingerprint density at radius 1 is 0.532 bits per heavy atom. The number of hydrogen-bond acceptors (Lipinski definition) is 3. The van der Waals surface area contributed by atoms with E-state index in [1.54, 1.807) is 0 Å². The van der Waals surface area contributed by atoms with E-state index in [1.807, 2.05) is 42.7 Å². The normalized spacial score (nSPS) is 11.8. The quantitative estimate of drug-likeness (QED) is 0.203. The number of nitrogens with zero attached hydrogens (tertiary/aromatic N) is 4. The van der Waals surface area contributed by atoms with Crippen LogP contribution in [0.15, 0.2) is 150 Å². The van der Waals surface area contributed by atoms with Crippen LogP contribution in [-0.4, -0.2) is 14.1 Å². The molecule has 0 fully saturated rings. The predicted molar refractivity (Wildman–Crippen MR) is 190 cm³/mol. The number of fused-ring (bicyclic) bond motifs is 10. The molecule has 4 heterocycles. The number of para-hydroxylation sites is 3. The highest BCUT2D eigenvalue weighted by atomic mass is 16.3. The lowest BCUT2D eigenvalue weighted by Crippen LogP contribution is -1.97. The Labute approximate surface area is 268 Å². The first-order chi connectivity index (χ1) is 23.3. The summed E-state index contributed by atoms with van der Waals surface area (Å²) in [6.45, 7) is 0. The van der Waals surface area contributed by atoms with Gasteiger partial charge < -0.3 is 13.6 Å². The van der Waals surface area contributed by atoms with Crippen LogP contribution in [0, 0.1) is 11.3 Å². The fourth-order valence-corrected chi connectivity index (χ4v) is 7.41. The lowest BCUT2D eigenvalue weighted by atomic mass is 10.0. The van der Waals surface area contributed by atoms with Gasteiger partial charge in [-0.1, -0.05) is 66.7 Å². The Balaban J connectivity index is 1.20. The van der Waals surface area contributed by atoms with Gasteiger partial charge in [-0.25, -0.2) is 0 Å². The Kier molecular flexibility index (Phi) is 5.28. The van der Waals surface area contributed by atoms with Crippen LogP contribution in [0.25, 0.3) is 88.1 Å². The van der Waals surface area contributed by atoms with Crippen molar-refractivity contribution < 1.29 is 4.42 Å². The van der Waals surface area contributed by atoms with Crippen molar-refractivity contribution >= 4 is 65.6 Å². The molecular formula is C42H24N4O. The highest BCUT2D eigenvalue weighted by Crippen LogP contribution is 2.41. The third kappa shape index (κ3) is 3.67. The number of furan rings is 1. The lowest BCUT2D eigenvalue weighted by molar-refractivity contribution is 0.673. The molecule has 0 saturated carbocycles. The lowest BCUT2D eigenvalue weighted by Gasteiger charge is -2.13. The van der Waals surface area contributed by atoms with Crippen molar-refractivity contribution in [1.29, 1.82) is 5.26 Å². The predicted octanol–water partition coefficient (Wildman–Crippen LogP) is 10.7. The zero-order valence-electron chi connectivity index (χ0n) is 25.1. The maximum atomic E-state index is 10.2. The third-order valence-corrected chi connectivity index (χ3v) is 9.40. The Morgan fingerprint density at radius 2 is 1.26 bits per heavy atom. The van der Waals surface area contributed by atoms with Crippen LogP contribution < -0.4 is 0 Å². The summed E-state index contributed by atoms with van der Waals surface area (Å²) in [6.07, 6.45) is 3.76. The van der Waals surface area contributed by atoms with Gasteiger partial charge in [-0.15, -0.1) is 0 Å². The van der Waals surface area contributed by atoms with E-state index >= 15 is 0 Å². The Bertz CT molecular complexity index is 2880. The third-order valence-electron chi connectivity index (χ3n) is 9.40. The molecule has 0 aliphatic carbocycles. The van der Waals surface area contributed by atoms with Gasteiger partial charge in [0, 0.05) is 44.5 Å². The summed E-state index contributed by atoms with van der Waals surface area (Å²) in [6, 6.07) is 48.5. The molecule has 0 bridgehead atoms. The summed E-state index contributed by atoms with van der Waals surface area (Å²) in [5.41, 5.74) is 10.6. The van der Waals surface area contributed by atoms with Crippen LogP contribution in [0.5, 0.6) is 0 Å². The molecule has 0 aliphatic rings. The van der Waals surface area contributed by atoms with Crippen LogP contribution in [-0.2, 0) is 0 Å². The van der Waals surface area contributed by atoms with E-state index in [-0.39, 0.29) is 0 Å². The zero-order chi connectivity index (χ0) is 31.1. The van der Waals surface area contributed by atoms with Gasteiger partial charge >= 0.3 is 0 Å². The molecule has 0 amide bonds. The van der Waals surface area contributed by atoms with E-state index in [2.05, 4.69) is 123 Å². The van der Waals surface area contributed by atoms with Crippen LogP contribution in [0.3, 0.4) is 0 Å². The number of hydrogen-bond donors (Lipinski definition) is 0. The number of rotatable bonds is 3. The highest BCUT2D eigenvalue weighted by molar-refractivity contribution is 6.23. The van der Waals surface area contributed by atoms with Gasteiger partial charge in [-0.05, 0) is 77.9 Å². The Morgan fingerprint density at radius 3 is 2.06 bits per heavy atom. The van der Waals surface area contributed by atoms with Crippen molar-refractivity contribution in [1.82, 2.24) is 14.1 Å². The Hall–Kier alpha value is -6.64. The highest BCUT2D eigenvalue weighted by Gasteiger charge is 2.19. The minimum atomic E-state index is 0.609. The molecule has 218 valence electrons. The summed E-state index contributed by atoms with van der Waals surface area (Å²) in [5, 5.41) is 16.9. The van der Waals surface area contributed by atoms with Crippen molar-refractivity contribution in [2.24, 2.45) is 0 Å². The average Bonchev–Trinajstić information content (AvgIpc) is 3.79. The largest absolute Gasteiger partial charge is 0.455 e. The first kappa shape index (κ1) is 25.7. The standard InChI is InChI=1S/C42H24N4O/c43-24-26-20-28(23-30(21-26)46-36-13-4-1-10-31(36)32-11-2-5-14-37(32)46)27-8-7-9-29(22-27)45-38-17-16-34-33-12-3-6-15-40(33)47-42(34)41(38)35-18-19-44-25-39(35)45/h1-23,25H. The summed E-state index contributed by atoms with van der Waals surface area (Å²) in [7, 11) is 0. The number of pyridine rings is 1. The maximum absolute atomic E-state index is 10.2. The summed E-state index contributed by atoms with van der Waals surface area (Å²) in [4.78, 5) is 4.52. The van der Waals surface area contributed by atoms with E-state index < -0.39 is 0 Å². The van der Waals surface area contributed by atoms with Gasteiger partial charge in [-0.2, -0.15) is 5.26 Å². The van der Waals surface area contributed by atoms with Gasteiger partial charge in [0.05, 0.1) is 45.3 Å². The van der Waals surface area contributed by atoms with Gasteiger partial charge in [0.1, 0.15) is 11.2 Å². The molecule has 0 unspecified atom stereocenters. The van der Waals surface area contributed by atoms with E-state index in [1.165, 1.54) is 10.8 Å². The van der Waals surface area contributed by atoms with Crippen molar-refractivity contribution in [3.63, 3.8) is 0 Å². The molecule has 4 aromatic heterocycles. The monoisotopic (exact) mass is 600 g/mol. The minimum Gasteiger partial charge on any atom is -0.455 e. The maximum Gasteiger partial charge on any atom is 0.145 e. The van der Waals surface area contributed by atoms with E-state index in [0.717, 1.165) is 77.3 Å². The van der Waals surface area contributed by atoms with Crippen LogP contribution in [0.4, 0.5) is 0 Å². The van der Waals surface area contributed by atoms with Crippen molar-refractivity contribution in [2.45, 2.75) is 0 Å². The second-order valence-electron chi connectivity index (χ2n) is 12.0. The van der Waals surface area contributed by atoms with Crippen LogP contribution >= 0.6 is 0 Å². The SMILES string of the molecule is N#Cc1cc(-c2cccc(-n3c4cnccc4c4c5oc6ccccc6c5ccc43)c2)cc(-n2c3ccccc3c3ccccc32)c1. The molecule has 5 heteroatoms.